The minimum atomic E-state index is 0.0440. The maximum Gasteiger partial charge on any atom is 0.238 e. The third-order valence-electron chi connectivity index (χ3n) is 3.26. The van der Waals surface area contributed by atoms with E-state index in [1.165, 1.54) is 19.3 Å². The topological polar surface area (TPSA) is 41.1 Å². The van der Waals surface area contributed by atoms with E-state index in [1.807, 2.05) is 0 Å². The van der Waals surface area contributed by atoms with Crippen molar-refractivity contribution in [2.75, 3.05) is 11.6 Å². The van der Waals surface area contributed by atoms with E-state index in [0.717, 1.165) is 17.5 Å². The Hall–Kier alpha value is -0.220. The lowest BCUT2D eigenvalue weighted by Gasteiger charge is -2.32. The number of amides is 1. The Bertz CT molecular complexity index is 212. The zero-order chi connectivity index (χ0) is 9.97. The molecule has 80 valence electrons. The van der Waals surface area contributed by atoms with Crippen molar-refractivity contribution in [2.24, 2.45) is 5.92 Å². The van der Waals surface area contributed by atoms with E-state index in [9.17, 15) is 4.79 Å². The standard InChI is InChI=1S/C10H18N2OS/c1-7(8-3-2-4-8)12-10(13)9-5-14-6-11-9/h7-9,11H,2-6H2,1H3,(H,12,13). The van der Waals surface area contributed by atoms with Crippen molar-refractivity contribution >= 4 is 17.7 Å². The van der Waals surface area contributed by atoms with Gasteiger partial charge in [0.1, 0.15) is 0 Å². The molecule has 1 aliphatic heterocycles. The summed E-state index contributed by atoms with van der Waals surface area (Å²) >= 11 is 1.79. The van der Waals surface area contributed by atoms with Gasteiger partial charge in [-0.15, -0.1) is 11.8 Å². The Morgan fingerprint density at radius 2 is 2.36 bits per heavy atom. The fraction of sp³-hybridized carbons (Fsp3) is 0.900. The van der Waals surface area contributed by atoms with Crippen molar-refractivity contribution in [3.8, 4) is 0 Å². The van der Waals surface area contributed by atoms with Crippen LogP contribution >= 0.6 is 11.8 Å². The number of hydrogen-bond acceptors (Lipinski definition) is 3. The van der Waals surface area contributed by atoms with Gasteiger partial charge in [0.2, 0.25) is 5.91 Å². The second-order valence-corrected chi connectivity index (χ2v) is 5.29. The van der Waals surface area contributed by atoms with E-state index in [2.05, 4.69) is 17.6 Å². The Morgan fingerprint density at radius 1 is 1.57 bits per heavy atom. The highest BCUT2D eigenvalue weighted by Crippen LogP contribution is 2.29. The van der Waals surface area contributed by atoms with Crippen LogP contribution in [0.4, 0.5) is 0 Å². The van der Waals surface area contributed by atoms with Crippen LogP contribution in [0.5, 0.6) is 0 Å². The average molecular weight is 214 g/mol. The smallest absolute Gasteiger partial charge is 0.238 e. The third-order valence-corrected chi connectivity index (χ3v) is 4.20. The molecule has 0 aromatic heterocycles. The molecule has 1 saturated carbocycles. The Balaban J connectivity index is 1.75. The Morgan fingerprint density at radius 3 is 2.86 bits per heavy atom. The summed E-state index contributed by atoms with van der Waals surface area (Å²) in [5, 5.41) is 6.30. The number of thioether (sulfide) groups is 1. The van der Waals surface area contributed by atoms with Gasteiger partial charge in [0.05, 0.1) is 6.04 Å². The zero-order valence-electron chi connectivity index (χ0n) is 8.58. The predicted octanol–water partition coefficient (Wildman–Crippen LogP) is 0.954. The summed E-state index contributed by atoms with van der Waals surface area (Å²) in [6.07, 6.45) is 3.91. The van der Waals surface area contributed by atoms with Crippen LogP contribution in [0.3, 0.4) is 0 Å². The monoisotopic (exact) mass is 214 g/mol. The molecule has 0 bridgehead atoms. The van der Waals surface area contributed by atoms with Gasteiger partial charge >= 0.3 is 0 Å². The largest absolute Gasteiger partial charge is 0.352 e. The van der Waals surface area contributed by atoms with Gasteiger partial charge in [0.25, 0.3) is 0 Å². The minimum Gasteiger partial charge on any atom is -0.352 e. The number of hydrogen-bond donors (Lipinski definition) is 2. The van der Waals surface area contributed by atoms with E-state index >= 15 is 0 Å². The predicted molar refractivity (Wildman–Crippen MR) is 59.2 cm³/mol. The molecule has 0 aromatic carbocycles. The van der Waals surface area contributed by atoms with Gasteiger partial charge < -0.3 is 5.32 Å². The molecule has 1 saturated heterocycles. The summed E-state index contributed by atoms with van der Waals surface area (Å²) in [5.41, 5.74) is 0. The first kappa shape index (κ1) is 10.3. The van der Waals surface area contributed by atoms with Crippen molar-refractivity contribution in [3.05, 3.63) is 0 Å². The summed E-state index contributed by atoms with van der Waals surface area (Å²) in [6.45, 7) is 2.13. The lowest BCUT2D eigenvalue weighted by atomic mass is 9.80. The van der Waals surface area contributed by atoms with Crippen molar-refractivity contribution in [3.63, 3.8) is 0 Å². The molecule has 2 unspecified atom stereocenters. The summed E-state index contributed by atoms with van der Waals surface area (Å²) < 4.78 is 0. The molecule has 14 heavy (non-hydrogen) atoms. The van der Waals surface area contributed by atoms with Crippen LogP contribution in [0.15, 0.2) is 0 Å². The fourth-order valence-electron chi connectivity index (χ4n) is 1.95. The van der Waals surface area contributed by atoms with Crippen LogP contribution in [0, 0.1) is 5.92 Å². The van der Waals surface area contributed by atoms with Gasteiger partial charge in [-0.3, -0.25) is 10.1 Å². The first-order chi connectivity index (χ1) is 6.77. The maximum absolute atomic E-state index is 11.7. The van der Waals surface area contributed by atoms with Crippen molar-refractivity contribution < 1.29 is 4.79 Å². The molecule has 3 nitrogen and oxygen atoms in total. The van der Waals surface area contributed by atoms with E-state index < -0.39 is 0 Å². The first-order valence-electron chi connectivity index (χ1n) is 5.39. The number of carbonyl (C=O) groups is 1. The van der Waals surface area contributed by atoms with Crippen LogP contribution in [0.2, 0.25) is 0 Å². The number of carbonyl (C=O) groups excluding carboxylic acids is 1. The summed E-state index contributed by atoms with van der Waals surface area (Å²) in [4.78, 5) is 11.7. The summed E-state index contributed by atoms with van der Waals surface area (Å²) in [7, 11) is 0. The highest BCUT2D eigenvalue weighted by atomic mass is 32.2. The molecular formula is C10H18N2OS. The maximum atomic E-state index is 11.7. The molecule has 0 aromatic rings. The highest BCUT2D eigenvalue weighted by molar-refractivity contribution is 7.99. The van der Waals surface area contributed by atoms with Crippen LogP contribution in [-0.4, -0.2) is 29.6 Å². The zero-order valence-corrected chi connectivity index (χ0v) is 9.40. The molecule has 2 N–H and O–H groups in total. The van der Waals surface area contributed by atoms with E-state index in [-0.39, 0.29) is 11.9 Å². The Labute approximate surface area is 89.4 Å². The first-order valence-corrected chi connectivity index (χ1v) is 6.54. The van der Waals surface area contributed by atoms with Gasteiger partial charge in [0.15, 0.2) is 0 Å². The molecular weight excluding hydrogens is 196 g/mol. The van der Waals surface area contributed by atoms with Crippen LogP contribution < -0.4 is 10.6 Å². The second-order valence-electron chi connectivity index (χ2n) is 4.26. The highest BCUT2D eigenvalue weighted by Gasteiger charge is 2.28. The molecule has 2 aliphatic rings. The van der Waals surface area contributed by atoms with E-state index in [4.69, 9.17) is 0 Å². The summed E-state index contributed by atoms with van der Waals surface area (Å²) in [5.74, 6) is 2.75. The van der Waals surface area contributed by atoms with Crippen LogP contribution in [-0.2, 0) is 4.79 Å². The van der Waals surface area contributed by atoms with Gasteiger partial charge in [0, 0.05) is 17.7 Å². The minimum absolute atomic E-state index is 0.0440. The molecule has 2 atom stereocenters. The molecule has 4 heteroatoms. The molecule has 0 radical (unpaired) electrons. The van der Waals surface area contributed by atoms with Crippen molar-refractivity contribution in [2.45, 2.75) is 38.3 Å². The Kier molecular flexibility index (Phi) is 3.34. The van der Waals surface area contributed by atoms with Gasteiger partial charge in [-0.2, -0.15) is 0 Å². The third kappa shape index (κ3) is 2.23. The molecule has 1 amide bonds. The SMILES string of the molecule is CC(NC(=O)C1CSCN1)C1CCC1. The average Bonchev–Trinajstić information content (AvgIpc) is 2.51. The molecule has 2 rings (SSSR count). The quantitative estimate of drug-likeness (QED) is 0.735. The van der Waals surface area contributed by atoms with Crippen molar-refractivity contribution in [1.29, 1.82) is 0 Å². The lowest BCUT2D eigenvalue weighted by molar-refractivity contribution is -0.123. The lowest BCUT2D eigenvalue weighted by Crippen LogP contribution is -2.48. The van der Waals surface area contributed by atoms with E-state index in [1.54, 1.807) is 11.8 Å². The van der Waals surface area contributed by atoms with Gasteiger partial charge in [-0.1, -0.05) is 6.42 Å². The molecule has 1 aliphatic carbocycles. The number of rotatable bonds is 3. The van der Waals surface area contributed by atoms with Crippen molar-refractivity contribution in [1.82, 2.24) is 10.6 Å². The van der Waals surface area contributed by atoms with Gasteiger partial charge in [-0.25, -0.2) is 0 Å². The molecule has 2 fully saturated rings. The van der Waals surface area contributed by atoms with Gasteiger partial charge in [-0.05, 0) is 25.7 Å². The normalized spacial score (nSPS) is 29.6. The second kappa shape index (κ2) is 4.53. The molecule has 0 spiro atoms. The van der Waals surface area contributed by atoms with Crippen LogP contribution in [0.25, 0.3) is 0 Å². The van der Waals surface area contributed by atoms with E-state index in [0.29, 0.717) is 6.04 Å². The summed E-state index contributed by atoms with van der Waals surface area (Å²) in [6, 6.07) is 0.408. The number of nitrogens with one attached hydrogen (secondary N) is 2. The van der Waals surface area contributed by atoms with Crippen LogP contribution in [0.1, 0.15) is 26.2 Å². The molecule has 1 heterocycles. The fourth-order valence-corrected chi connectivity index (χ4v) is 2.89.